The molecule has 7 heteroatoms. The molecule has 2 aliphatic rings. The summed E-state index contributed by atoms with van der Waals surface area (Å²) in [6.07, 6.45) is 3.13. The van der Waals surface area contributed by atoms with E-state index in [1.807, 2.05) is 0 Å². The first-order valence-corrected chi connectivity index (χ1v) is 8.80. The lowest BCUT2D eigenvalue weighted by atomic mass is 10.1. The largest absolute Gasteiger partial charge is 0.465 e. The molecule has 1 aliphatic carbocycles. The average Bonchev–Trinajstić information content (AvgIpc) is 3.07. The molecule has 1 saturated heterocycles. The van der Waals surface area contributed by atoms with Crippen molar-refractivity contribution < 1.29 is 9.53 Å². The zero-order chi connectivity index (χ0) is 15.7. The van der Waals surface area contributed by atoms with Gasteiger partial charge in [-0.15, -0.1) is 11.3 Å². The lowest BCUT2D eigenvalue weighted by Crippen LogP contribution is -2.48. The monoisotopic (exact) mass is 339 g/mol. The number of piperazine rings is 1. The Labute approximate surface area is 140 Å². The van der Waals surface area contributed by atoms with Gasteiger partial charge in [0, 0.05) is 31.1 Å². The van der Waals surface area contributed by atoms with E-state index in [1.165, 1.54) is 12.0 Å². The van der Waals surface area contributed by atoms with Crippen molar-refractivity contribution in [2.45, 2.75) is 19.3 Å². The molecule has 0 unspecified atom stereocenters. The van der Waals surface area contributed by atoms with Crippen LogP contribution in [-0.4, -0.2) is 61.2 Å². The number of aryl methyl sites for hydroxylation is 1. The number of carbonyl (C=O) groups is 1. The van der Waals surface area contributed by atoms with Crippen LogP contribution < -0.4 is 5.32 Å². The van der Waals surface area contributed by atoms with E-state index in [1.54, 1.807) is 11.3 Å². The Morgan fingerprint density at radius 2 is 2.00 bits per heavy atom. The second-order valence-corrected chi connectivity index (χ2v) is 7.27. The molecule has 1 aromatic rings. The van der Waals surface area contributed by atoms with Crippen LogP contribution in [0.5, 0.6) is 0 Å². The third-order valence-corrected chi connectivity index (χ3v) is 5.89. The van der Waals surface area contributed by atoms with Gasteiger partial charge in [0.15, 0.2) is 5.11 Å². The molecule has 0 amide bonds. The van der Waals surface area contributed by atoms with Crippen molar-refractivity contribution in [1.29, 1.82) is 0 Å². The van der Waals surface area contributed by atoms with Crippen LogP contribution in [0, 0.1) is 0 Å². The highest BCUT2D eigenvalue weighted by Gasteiger charge is 2.28. The summed E-state index contributed by atoms with van der Waals surface area (Å²) in [6.45, 7) is 3.85. The van der Waals surface area contributed by atoms with Crippen molar-refractivity contribution in [2.75, 3.05) is 45.7 Å². The lowest BCUT2D eigenvalue weighted by Gasteiger charge is -2.34. The topological polar surface area (TPSA) is 44.8 Å². The number of methoxy groups -OCH3 is 1. The Balaban J connectivity index is 1.77. The number of nitrogens with zero attached hydrogens (tertiary/aromatic N) is 2. The van der Waals surface area contributed by atoms with Crippen molar-refractivity contribution in [3.05, 3.63) is 16.0 Å². The third kappa shape index (κ3) is 2.98. The van der Waals surface area contributed by atoms with Gasteiger partial charge < -0.3 is 19.9 Å². The Morgan fingerprint density at radius 1 is 1.27 bits per heavy atom. The molecule has 120 valence electrons. The molecule has 1 fully saturated rings. The summed E-state index contributed by atoms with van der Waals surface area (Å²) in [5, 5.41) is 4.85. The molecule has 0 aromatic carbocycles. The van der Waals surface area contributed by atoms with E-state index in [4.69, 9.17) is 17.0 Å². The molecule has 0 bridgehead atoms. The van der Waals surface area contributed by atoms with Crippen LogP contribution >= 0.6 is 23.6 Å². The summed E-state index contributed by atoms with van der Waals surface area (Å²) in [6, 6.07) is 0. The van der Waals surface area contributed by atoms with Gasteiger partial charge >= 0.3 is 5.97 Å². The van der Waals surface area contributed by atoms with E-state index in [2.05, 4.69) is 22.2 Å². The molecule has 2 heterocycles. The zero-order valence-electron chi connectivity index (χ0n) is 13.0. The fraction of sp³-hybridized carbons (Fsp3) is 0.600. The average molecular weight is 339 g/mol. The number of fused-ring (bicyclic) bond motifs is 1. The van der Waals surface area contributed by atoms with Crippen molar-refractivity contribution in [1.82, 2.24) is 9.80 Å². The fourth-order valence-corrected chi connectivity index (χ4v) is 4.62. The molecule has 3 rings (SSSR count). The lowest BCUT2D eigenvalue weighted by molar-refractivity contribution is 0.0601. The maximum Gasteiger partial charge on any atom is 0.341 e. The standard InChI is InChI=1S/C15H21N3O2S2/c1-17-6-8-18(9-7-17)15(21)16-13-12(14(19)20-2)10-4-3-5-11(10)22-13/h3-9H2,1-2H3,(H,16,21). The van der Waals surface area contributed by atoms with Gasteiger partial charge in [-0.25, -0.2) is 4.79 Å². The van der Waals surface area contributed by atoms with Crippen LogP contribution in [0.25, 0.3) is 0 Å². The summed E-state index contributed by atoms with van der Waals surface area (Å²) in [4.78, 5) is 17.9. The minimum atomic E-state index is -0.261. The first-order valence-electron chi connectivity index (χ1n) is 7.57. The second-order valence-electron chi connectivity index (χ2n) is 5.77. The number of likely N-dealkylation sites (N-methyl/N-ethyl adjacent to an activating group) is 1. The van der Waals surface area contributed by atoms with Crippen molar-refractivity contribution >= 4 is 39.6 Å². The summed E-state index contributed by atoms with van der Waals surface area (Å²) >= 11 is 7.18. The molecule has 0 spiro atoms. The number of carbonyl (C=O) groups excluding carboxylic acids is 1. The van der Waals surface area contributed by atoms with Crippen LogP contribution in [0.4, 0.5) is 5.00 Å². The van der Waals surface area contributed by atoms with Crippen LogP contribution in [0.3, 0.4) is 0 Å². The third-order valence-electron chi connectivity index (χ3n) is 4.32. The molecular formula is C15H21N3O2S2. The van der Waals surface area contributed by atoms with Crippen molar-refractivity contribution in [3.63, 3.8) is 0 Å². The molecule has 1 aliphatic heterocycles. The summed E-state index contributed by atoms with van der Waals surface area (Å²) in [7, 11) is 3.55. The van der Waals surface area contributed by atoms with Gasteiger partial charge in [0.05, 0.1) is 12.7 Å². The van der Waals surface area contributed by atoms with E-state index >= 15 is 0 Å². The fourth-order valence-electron chi connectivity index (χ4n) is 3.00. The molecule has 0 radical (unpaired) electrons. The Bertz CT molecular complexity index is 592. The van der Waals surface area contributed by atoms with Gasteiger partial charge in [-0.2, -0.15) is 0 Å². The van der Waals surface area contributed by atoms with E-state index in [0.29, 0.717) is 10.7 Å². The molecule has 0 atom stereocenters. The summed E-state index contributed by atoms with van der Waals surface area (Å²) in [5.41, 5.74) is 1.84. The molecule has 1 N–H and O–H groups in total. The minimum Gasteiger partial charge on any atom is -0.465 e. The second kappa shape index (κ2) is 6.52. The van der Waals surface area contributed by atoms with Gasteiger partial charge in [0.25, 0.3) is 0 Å². The molecule has 22 heavy (non-hydrogen) atoms. The number of ether oxygens (including phenoxy) is 1. The number of hydrogen-bond acceptors (Lipinski definition) is 5. The molecule has 1 aromatic heterocycles. The number of esters is 1. The number of rotatable bonds is 2. The Morgan fingerprint density at radius 3 is 2.68 bits per heavy atom. The molecule has 0 saturated carbocycles. The van der Waals surface area contributed by atoms with E-state index in [9.17, 15) is 4.79 Å². The van der Waals surface area contributed by atoms with E-state index in [0.717, 1.165) is 56.0 Å². The summed E-state index contributed by atoms with van der Waals surface area (Å²) in [5.74, 6) is -0.261. The van der Waals surface area contributed by atoms with E-state index < -0.39 is 0 Å². The SMILES string of the molecule is COC(=O)c1c(NC(=S)N2CCN(C)CC2)sc2c1CCC2. The van der Waals surface area contributed by atoms with Gasteiger partial charge in [0.2, 0.25) is 0 Å². The quantitative estimate of drug-likeness (QED) is 0.656. The predicted molar refractivity (Wildman–Crippen MR) is 93.0 cm³/mol. The Hall–Kier alpha value is -1.18. The molecular weight excluding hydrogens is 318 g/mol. The molecule has 5 nitrogen and oxygen atoms in total. The van der Waals surface area contributed by atoms with Crippen LogP contribution in [0.15, 0.2) is 0 Å². The maximum absolute atomic E-state index is 12.1. The van der Waals surface area contributed by atoms with Crippen molar-refractivity contribution in [3.8, 4) is 0 Å². The number of thiophene rings is 1. The van der Waals surface area contributed by atoms with Crippen LogP contribution in [-0.2, 0) is 17.6 Å². The smallest absolute Gasteiger partial charge is 0.341 e. The number of nitrogens with one attached hydrogen (secondary N) is 1. The maximum atomic E-state index is 12.1. The summed E-state index contributed by atoms with van der Waals surface area (Å²) < 4.78 is 4.97. The first kappa shape index (κ1) is 15.7. The van der Waals surface area contributed by atoms with Crippen molar-refractivity contribution in [2.24, 2.45) is 0 Å². The van der Waals surface area contributed by atoms with Crippen LogP contribution in [0.1, 0.15) is 27.2 Å². The minimum absolute atomic E-state index is 0.261. The normalized spacial score (nSPS) is 18.2. The Kier molecular flexibility index (Phi) is 4.65. The van der Waals surface area contributed by atoms with Gasteiger partial charge in [0.1, 0.15) is 5.00 Å². The zero-order valence-corrected chi connectivity index (χ0v) is 14.6. The highest BCUT2D eigenvalue weighted by Crippen LogP contribution is 2.39. The number of thiocarbonyl (C=S) groups is 1. The number of hydrogen-bond donors (Lipinski definition) is 1. The van der Waals surface area contributed by atoms with Gasteiger partial charge in [-0.05, 0) is 44.1 Å². The number of anilines is 1. The van der Waals surface area contributed by atoms with Crippen LogP contribution in [0.2, 0.25) is 0 Å². The van der Waals surface area contributed by atoms with Gasteiger partial charge in [-0.1, -0.05) is 0 Å². The first-order chi connectivity index (χ1) is 10.6. The predicted octanol–water partition coefficient (Wildman–Crippen LogP) is 1.97. The van der Waals surface area contributed by atoms with E-state index in [-0.39, 0.29) is 5.97 Å². The highest BCUT2D eigenvalue weighted by molar-refractivity contribution is 7.80. The van der Waals surface area contributed by atoms with Gasteiger partial charge in [-0.3, -0.25) is 0 Å². The highest BCUT2D eigenvalue weighted by atomic mass is 32.1.